The molecule has 4 saturated carbocycles. The van der Waals surface area contributed by atoms with Crippen LogP contribution >= 0.6 is 0 Å². The monoisotopic (exact) mass is 474 g/mol. The molecule has 3 unspecified atom stereocenters. The van der Waals surface area contributed by atoms with Gasteiger partial charge in [-0.3, -0.25) is 0 Å². The van der Waals surface area contributed by atoms with Gasteiger partial charge in [-0.25, -0.2) is 0 Å². The van der Waals surface area contributed by atoms with E-state index in [9.17, 15) is 20.4 Å². The van der Waals surface area contributed by atoms with Crippen LogP contribution in [0.15, 0.2) is 11.6 Å². The molecule has 0 aromatic rings. The number of rotatable bonds is 2. The minimum Gasteiger partial charge on any atom is -0.396 e. The molecule has 0 bridgehead atoms. The molecule has 4 heteroatoms. The Kier molecular flexibility index (Phi) is 5.61. The SMILES string of the molecule is CC1(C)C2CC[C@]3(C)C(CC=C4C5C[C@@](C)(CO)CC[C@]5(CO)[C@H](O)C[C@]43C)[C@@]2(C)CC[C@@H]1O. The summed E-state index contributed by atoms with van der Waals surface area (Å²) in [5.41, 5.74) is 0.945. The van der Waals surface area contributed by atoms with E-state index in [1.54, 1.807) is 0 Å². The van der Waals surface area contributed by atoms with E-state index in [0.717, 1.165) is 57.8 Å². The molecule has 0 radical (unpaired) electrons. The Morgan fingerprint density at radius 2 is 1.50 bits per heavy atom. The third-order valence-electron chi connectivity index (χ3n) is 13.4. The van der Waals surface area contributed by atoms with Gasteiger partial charge in [-0.1, -0.05) is 53.2 Å². The summed E-state index contributed by atoms with van der Waals surface area (Å²) in [6.07, 6.45) is 10.3. The number of hydrogen-bond acceptors (Lipinski definition) is 4. The maximum absolute atomic E-state index is 11.7. The molecular formula is C30H50O4. The minimum atomic E-state index is -0.515. The molecular weight excluding hydrogens is 424 g/mol. The molecule has 0 saturated heterocycles. The van der Waals surface area contributed by atoms with E-state index in [0.29, 0.717) is 11.8 Å². The van der Waals surface area contributed by atoms with Gasteiger partial charge in [0.15, 0.2) is 0 Å². The number of aliphatic hydroxyl groups excluding tert-OH is 4. The van der Waals surface area contributed by atoms with Crippen molar-refractivity contribution in [2.24, 2.45) is 50.2 Å². The number of aliphatic hydroxyl groups is 4. The summed E-state index contributed by atoms with van der Waals surface area (Å²) in [6.45, 7) is 14.4. The number of fused-ring (bicyclic) bond motifs is 7. The lowest BCUT2D eigenvalue weighted by Gasteiger charge is -2.72. The molecule has 0 aliphatic heterocycles. The van der Waals surface area contributed by atoms with Gasteiger partial charge >= 0.3 is 0 Å². The molecule has 0 aromatic carbocycles. The van der Waals surface area contributed by atoms with E-state index >= 15 is 0 Å². The fourth-order valence-electron chi connectivity index (χ4n) is 10.8. The zero-order valence-electron chi connectivity index (χ0n) is 22.5. The Balaban J connectivity index is 1.60. The van der Waals surface area contributed by atoms with Crippen LogP contribution in [-0.2, 0) is 0 Å². The smallest absolute Gasteiger partial charge is 0.0632 e. The summed E-state index contributed by atoms with van der Waals surface area (Å²) in [4.78, 5) is 0. The number of hydrogen-bond donors (Lipinski definition) is 4. The first-order chi connectivity index (χ1) is 15.7. The first kappa shape index (κ1) is 25.2. The molecule has 5 aliphatic carbocycles. The molecule has 5 rings (SSSR count). The number of allylic oxidation sites excluding steroid dienone is 2. The maximum atomic E-state index is 11.7. The standard InChI is InChI=1S/C30H50O4/c1-25(2)21-9-12-28(5)22(27(21,4)11-10-23(25)33)8-7-19-20-15-26(3,17-31)13-14-30(20,18-32)24(34)16-29(19,28)6/h7,20-24,31-34H,8-18H2,1-6H3/t20?,21?,22?,23-,24+,26-,27-,28+,29+,30+/m0/s1. The van der Waals surface area contributed by atoms with E-state index in [1.165, 1.54) is 5.57 Å². The maximum Gasteiger partial charge on any atom is 0.0632 e. The third-order valence-corrected chi connectivity index (χ3v) is 13.4. The quantitative estimate of drug-likeness (QED) is 0.421. The highest BCUT2D eigenvalue weighted by Gasteiger charge is 2.69. The Morgan fingerprint density at radius 1 is 0.794 bits per heavy atom. The largest absolute Gasteiger partial charge is 0.396 e. The van der Waals surface area contributed by atoms with Crippen LogP contribution in [0.4, 0.5) is 0 Å². The summed E-state index contributed by atoms with van der Waals surface area (Å²) in [6, 6.07) is 0. The molecule has 194 valence electrons. The first-order valence-corrected chi connectivity index (χ1v) is 14.0. The van der Waals surface area contributed by atoms with Crippen LogP contribution in [0, 0.1) is 50.2 Å². The van der Waals surface area contributed by atoms with Crippen molar-refractivity contribution in [3.8, 4) is 0 Å². The molecule has 0 spiro atoms. The van der Waals surface area contributed by atoms with Crippen molar-refractivity contribution in [3.05, 3.63) is 11.6 Å². The van der Waals surface area contributed by atoms with E-state index in [2.05, 4.69) is 47.6 Å². The molecule has 4 nitrogen and oxygen atoms in total. The molecule has 4 fully saturated rings. The summed E-state index contributed by atoms with van der Waals surface area (Å²) in [7, 11) is 0. The van der Waals surface area contributed by atoms with Gasteiger partial charge in [0.05, 0.1) is 18.8 Å². The van der Waals surface area contributed by atoms with Crippen molar-refractivity contribution in [2.45, 2.75) is 112 Å². The van der Waals surface area contributed by atoms with E-state index in [4.69, 9.17) is 0 Å². The van der Waals surface area contributed by atoms with Gasteiger partial charge in [-0.15, -0.1) is 0 Å². The zero-order valence-corrected chi connectivity index (χ0v) is 22.5. The average Bonchev–Trinajstić information content (AvgIpc) is 2.77. The Morgan fingerprint density at radius 3 is 2.15 bits per heavy atom. The first-order valence-electron chi connectivity index (χ1n) is 14.0. The van der Waals surface area contributed by atoms with Crippen molar-refractivity contribution < 1.29 is 20.4 Å². The molecule has 0 heterocycles. The summed E-state index contributed by atoms with van der Waals surface area (Å²) >= 11 is 0. The van der Waals surface area contributed by atoms with Gasteiger partial charge in [-0.05, 0) is 103 Å². The molecule has 10 atom stereocenters. The predicted octanol–water partition coefficient (Wildman–Crippen LogP) is 5.08. The topological polar surface area (TPSA) is 80.9 Å². The van der Waals surface area contributed by atoms with Crippen molar-refractivity contribution in [1.29, 1.82) is 0 Å². The average molecular weight is 475 g/mol. The molecule has 34 heavy (non-hydrogen) atoms. The Hall–Kier alpha value is -0.420. The van der Waals surface area contributed by atoms with Gasteiger partial charge in [0.2, 0.25) is 0 Å². The predicted molar refractivity (Wildman–Crippen MR) is 135 cm³/mol. The van der Waals surface area contributed by atoms with Crippen LogP contribution in [0.1, 0.15) is 99.3 Å². The van der Waals surface area contributed by atoms with Crippen molar-refractivity contribution in [1.82, 2.24) is 0 Å². The fourth-order valence-corrected chi connectivity index (χ4v) is 10.8. The highest BCUT2D eigenvalue weighted by atomic mass is 16.3. The fraction of sp³-hybridized carbons (Fsp3) is 0.933. The van der Waals surface area contributed by atoms with Gasteiger partial charge in [0, 0.05) is 12.0 Å². The van der Waals surface area contributed by atoms with Crippen LogP contribution < -0.4 is 0 Å². The second-order valence-corrected chi connectivity index (χ2v) is 15.0. The van der Waals surface area contributed by atoms with Gasteiger partial charge < -0.3 is 20.4 Å². The van der Waals surface area contributed by atoms with E-state index < -0.39 is 11.5 Å². The van der Waals surface area contributed by atoms with Crippen LogP contribution in [0.25, 0.3) is 0 Å². The van der Waals surface area contributed by atoms with Crippen molar-refractivity contribution in [3.63, 3.8) is 0 Å². The Bertz CT molecular complexity index is 866. The zero-order chi connectivity index (χ0) is 24.9. The van der Waals surface area contributed by atoms with Crippen LogP contribution in [0.2, 0.25) is 0 Å². The minimum absolute atomic E-state index is 0.0276. The van der Waals surface area contributed by atoms with Crippen LogP contribution in [0.3, 0.4) is 0 Å². The Labute approximate surface area is 207 Å². The molecule has 4 N–H and O–H groups in total. The van der Waals surface area contributed by atoms with Gasteiger partial charge in [-0.2, -0.15) is 0 Å². The van der Waals surface area contributed by atoms with Crippen LogP contribution in [-0.4, -0.2) is 45.8 Å². The van der Waals surface area contributed by atoms with Crippen molar-refractivity contribution in [2.75, 3.05) is 13.2 Å². The van der Waals surface area contributed by atoms with Crippen LogP contribution in [0.5, 0.6) is 0 Å². The van der Waals surface area contributed by atoms with Crippen molar-refractivity contribution >= 4 is 0 Å². The lowest BCUT2D eigenvalue weighted by atomic mass is 9.33. The van der Waals surface area contributed by atoms with Gasteiger partial charge in [0.1, 0.15) is 0 Å². The van der Waals surface area contributed by atoms with E-state index in [-0.39, 0.29) is 52.3 Å². The highest BCUT2D eigenvalue weighted by molar-refractivity contribution is 5.35. The third kappa shape index (κ3) is 2.92. The van der Waals surface area contributed by atoms with Gasteiger partial charge in [0.25, 0.3) is 0 Å². The lowest BCUT2D eigenvalue weighted by Crippen LogP contribution is -2.67. The molecule has 0 aromatic heterocycles. The second kappa shape index (κ2) is 7.55. The summed E-state index contributed by atoms with van der Waals surface area (Å²) in [5, 5.41) is 43.5. The van der Waals surface area contributed by atoms with E-state index in [1.807, 2.05) is 0 Å². The normalized spacial score (nSPS) is 56.4. The molecule has 0 amide bonds. The second-order valence-electron chi connectivity index (χ2n) is 15.0. The summed E-state index contributed by atoms with van der Waals surface area (Å²) in [5.74, 6) is 1.17. The lowest BCUT2D eigenvalue weighted by molar-refractivity contribution is -0.219. The summed E-state index contributed by atoms with van der Waals surface area (Å²) < 4.78 is 0. The molecule has 5 aliphatic rings. The highest BCUT2D eigenvalue weighted by Crippen LogP contribution is 2.75.